The summed E-state index contributed by atoms with van der Waals surface area (Å²) >= 11 is 0. The molecule has 0 spiro atoms. The summed E-state index contributed by atoms with van der Waals surface area (Å²) in [5.74, 6) is 0.966. The number of rotatable bonds is 8. The monoisotopic (exact) mass is 292 g/mol. The van der Waals surface area contributed by atoms with E-state index in [9.17, 15) is 0 Å². The summed E-state index contributed by atoms with van der Waals surface area (Å²) < 4.78 is 10.4. The minimum absolute atomic E-state index is 0.482. The van der Waals surface area contributed by atoms with Crippen LogP contribution in [0.1, 0.15) is 30.0 Å². The number of nitrogens with zero attached hydrogens (tertiary/aromatic N) is 1. The van der Waals surface area contributed by atoms with Gasteiger partial charge in [0.15, 0.2) is 0 Å². The number of aryl methyl sites for hydroxylation is 1. The van der Waals surface area contributed by atoms with Crippen LogP contribution in [0.5, 0.6) is 5.75 Å². The summed E-state index contributed by atoms with van der Waals surface area (Å²) in [5.41, 5.74) is 2.88. The molecule has 0 bridgehead atoms. The molecule has 1 aromatic carbocycles. The molecule has 1 aromatic rings. The Hall–Kier alpha value is -1.10. The van der Waals surface area contributed by atoms with Crippen molar-refractivity contribution in [2.75, 3.05) is 47.5 Å². The van der Waals surface area contributed by atoms with Crippen LogP contribution in [0.25, 0.3) is 0 Å². The Morgan fingerprint density at radius 3 is 2.90 bits per heavy atom. The Labute approximate surface area is 128 Å². The minimum atomic E-state index is 0.482. The lowest BCUT2D eigenvalue weighted by Crippen LogP contribution is -2.34. The number of benzene rings is 1. The van der Waals surface area contributed by atoms with Gasteiger partial charge in [0.25, 0.3) is 0 Å². The van der Waals surface area contributed by atoms with Crippen LogP contribution in [0.2, 0.25) is 0 Å². The summed E-state index contributed by atoms with van der Waals surface area (Å²) in [4.78, 5) is 2.30. The van der Waals surface area contributed by atoms with Crippen LogP contribution < -0.4 is 10.1 Å². The third-order valence-corrected chi connectivity index (χ3v) is 4.23. The van der Waals surface area contributed by atoms with Crippen LogP contribution in [-0.2, 0) is 11.2 Å². The lowest BCUT2D eigenvalue weighted by Gasteiger charge is -2.28. The van der Waals surface area contributed by atoms with Crippen molar-refractivity contribution in [3.63, 3.8) is 0 Å². The Balaban J connectivity index is 1.85. The van der Waals surface area contributed by atoms with E-state index in [2.05, 4.69) is 35.5 Å². The maximum Gasteiger partial charge on any atom is 0.119 e. The largest absolute Gasteiger partial charge is 0.497 e. The molecular formula is C17H28N2O2. The molecule has 1 aliphatic rings. The molecule has 0 aliphatic heterocycles. The van der Waals surface area contributed by atoms with Crippen LogP contribution in [0.3, 0.4) is 0 Å². The maximum absolute atomic E-state index is 5.33. The van der Waals surface area contributed by atoms with E-state index in [0.717, 1.165) is 32.0 Å². The summed E-state index contributed by atoms with van der Waals surface area (Å²) in [5, 5.41) is 3.70. The molecule has 0 radical (unpaired) electrons. The molecule has 4 heteroatoms. The molecule has 0 amide bonds. The number of nitrogens with one attached hydrogen (secondary N) is 1. The van der Waals surface area contributed by atoms with Crippen molar-refractivity contribution in [3.05, 3.63) is 29.3 Å². The van der Waals surface area contributed by atoms with Crippen molar-refractivity contribution in [1.82, 2.24) is 10.2 Å². The highest BCUT2D eigenvalue weighted by atomic mass is 16.5. The van der Waals surface area contributed by atoms with Gasteiger partial charge in [0.05, 0.1) is 13.7 Å². The molecule has 1 unspecified atom stereocenters. The van der Waals surface area contributed by atoms with Gasteiger partial charge < -0.3 is 19.7 Å². The molecule has 0 saturated carbocycles. The normalized spacial score (nSPS) is 17.8. The molecule has 0 fully saturated rings. The van der Waals surface area contributed by atoms with Crippen molar-refractivity contribution < 1.29 is 9.47 Å². The van der Waals surface area contributed by atoms with Crippen molar-refractivity contribution in [3.8, 4) is 5.75 Å². The van der Waals surface area contributed by atoms with Gasteiger partial charge in [-0.25, -0.2) is 0 Å². The molecule has 0 saturated heterocycles. The smallest absolute Gasteiger partial charge is 0.119 e. The van der Waals surface area contributed by atoms with Crippen molar-refractivity contribution in [1.29, 1.82) is 0 Å². The van der Waals surface area contributed by atoms with Gasteiger partial charge in [-0.1, -0.05) is 6.07 Å². The van der Waals surface area contributed by atoms with E-state index in [-0.39, 0.29) is 0 Å². The molecule has 2 rings (SSSR count). The van der Waals surface area contributed by atoms with Crippen LogP contribution in [0, 0.1) is 0 Å². The predicted octanol–water partition coefficient (Wildman–Crippen LogP) is 2.24. The first-order valence-electron chi connectivity index (χ1n) is 7.82. The second kappa shape index (κ2) is 8.37. The zero-order chi connectivity index (χ0) is 15.1. The van der Waals surface area contributed by atoms with E-state index in [0.29, 0.717) is 6.04 Å². The Morgan fingerprint density at radius 1 is 1.29 bits per heavy atom. The fourth-order valence-electron chi connectivity index (χ4n) is 2.92. The van der Waals surface area contributed by atoms with Gasteiger partial charge in [-0.2, -0.15) is 0 Å². The lowest BCUT2D eigenvalue weighted by atomic mass is 9.87. The van der Waals surface area contributed by atoms with E-state index in [1.165, 1.54) is 30.4 Å². The van der Waals surface area contributed by atoms with Crippen molar-refractivity contribution in [2.24, 2.45) is 0 Å². The van der Waals surface area contributed by atoms with E-state index in [1.54, 1.807) is 14.2 Å². The summed E-state index contributed by atoms with van der Waals surface area (Å²) in [6.45, 7) is 3.83. The maximum atomic E-state index is 5.33. The van der Waals surface area contributed by atoms with Crippen LogP contribution in [0.4, 0.5) is 0 Å². The lowest BCUT2D eigenvalue weighted by molar-refractivity contribution is 0.161. The average molecular weight is 292 g/mol. The first-order valence-corrected chi connectivity index (χ1v) is 7.82. The highest BCUT2D eigenvalue weighted by Gasteiger charge is 2.20. The summed E-state index contributed by atoms with van der Waals surface area (Å²) in [7, 11) is 5.62. The van der Waals surface area contributed by atoms with E-state index >= 15 is 0 Å². The molecule has 21 heavy (non-hydrogen) atoms. The number of ether oxygens (including phenoxy) is 2. The highest BCUT2D eigenvalue weighted by Crippen LogP contribution is 2.31. The SMILES string of the molecule is COCCN(C)CCNC1CCCc2cc(OC)ccc21. The molecule has 0 aromatic heterocycles. The summed E-state index contributed by atoms with van der Waals surface area (Å²) in [6, 6.07) is 6.97. The van der Waals surface area contributed by atoms with E-state index < -0.39 is 0 Å². The average Bonchev–Trinajstić information content (AvgIpc) is 2.52. The minimum Gasteiger partial charge on any atom is -0.497 e. The first kappa shape index (κ1) is 16.3. The van der Waals surface area contributed by atoms with Gasteiger partial charge in [-0.3, -0.25) is 0 Å². The summed E-state index contributed by atoms with van der Waals surface area (Å²) in [6.07, 6.45) is 3.64. The van der Waals surface area contributed by atoms with Crippen LogP contribution >= 0.6 is 0 Å². The predicted molar refractivity (Wildman–Crippen MR) is 86.0 cm³/mol. The Bertz CT molecular complexity index is 437. The van der Waals surface area contributed by atoms with Gasteiger partial charge in [-0.05, 0) is 49.6 Å². The van der Waals surface area contributed by atoms with Crippen molar-refractivity contribution >= 4 is 0 Å². The number of fused-ring (bicyclic) bond motifs is 1. The fraction of sp³-hybridized carbons (Fsp3) is 0.647. The van der Waals surface area contributed by atoms with Gasteiger partial charge in [-0.15, -0.1) is 0 Å². The highest BCUT2D eigenvalue weighted by molar-refractivity contribution is 5.39. The third kappa shape index (κ3) is 4.70. The van der Waals surface area contributed by atoms with Crippen LogP contribution in [0.15, 0.2) is 18.2 Å². The zero-order valence-corrected chi connectivity index (χ0v) is 13.5. The molecule has 4 nitrogen and oxygen atoms in total. The van der Waals surface area contributed by atoms with E-state index in [4.69, 9.17) is 9.47 Å². The first-order chi connectivity index (χ1) is 10.2. The van der Waals surface area contributed by atoms with Crippen LogP contribution in [-0.4, -0.2) is 52.4 Å². The second-order valence-electron chi connectivity index (χ2n) is 5.76. The third-order valence-electron chi connectivity index (χ3n) is 4.23. The zero-order valence-electron chi connectivity index (χ0n) is 13.5. The number of methoxy groups -OCH3 is 2. The number of likely N-dealkylation sites (N-methyl/N-ethyl adjacent to an activating group) is 1. The molecule has 1 N–H and O–H groups in total. The van der Waals surface area contributed by atoms with E-state index in [1.807, 2.05) is 0 Å². The Kier molecular flexibility index (Phi) is 6.49. The quantitative estimate of drug-likeness (QED) is 0.797. The number of hydrogen-bond acceptors (Lipinski definition) is 4. The molecule has 118 valence electrons. The van der Waals surface area contributed by atoms with Gasteiger partial charge >= 0.3 is 0 Å². The Morgan fingerprint density at radius 2 is 2.14 bits per heavy atom. The van der Waals surface area contributed by atoms with Gasteiger partial charge in [0.1, 0.15) is 5.75 Å². The topological polar surface area (TPSA) is 33.7 Å². The van der Waals surface area contributed by atoms with Gasteiger partial charge in [0, 0.05) is 32.8 Å². The molecule has 0 heterocycles. The van der Waals surface area contributed by atoms with Crippen molar-refractivity contribution in [2.45, 2.75) is 25.3 Å². The van der Waals surface area contributed by atoms with Gasteiger partial charge in [0.2, 0.25) is 0 Å². The fourth-order valence-corrected chi connectivity index (χ4v) is 2.92. The molecule has 1 atom stereocenters. The number of hydrogen-bond donors (Lipinski definition) is 1. The molecule has 1 aliphatic carbocycles. The molecular weight excluding hydrogens is 264 g/mol. The standard InChI is InChI=1S/C17H28N2O2/c1-19(11-12-20-2)10-9-18-17-6-4-5-14-13-15(21-3)7-8-16(14)17/h7-8,13,17-18H,4-6,9-12H2,1-3H3. The second-order valence-corrected chi connectivity index (χ2v) is 5.76.